The van der Waals surface area contributed by atoms with E-state index in [1.807, 2.05) is 24.3 Å². The van der Waals surface area contributed by atoms with Crippen LogP contribution in [0.15, 0.2) is 48.5 Å². The summed E-state index contributed by atoms with van der Waals surface area (Å²) in [7, 11) is 0. The van der Waals surface area contributed by atoms with Crippen LogP contribution in [0, 0.1) is 12.1 Å². The van der Waals surface area contributed by atoms with Gasteiger partial charge in [-0.2, -0.15) is 0 Å². The number of rotatable bonds is 3. The molecular formula is C12H8O2. The number of hydrogen-bond donors (Lipinski definition) is 0. The SMILES string of the molecule is [c]1ccccc1OOc1[c]cccc1. The monoisotopic (exact) mass is 184 g/mol. The highest BCUT2D eigenvalue weighted by Gasteiger charge is 1.95. The lowest BCUT2D eigenvalue weighted by molar-refractivity contribution is -0.100. The summed E-state index contributed by atoms with van der Waals surface area (Å²) < 4.78 is 0. The van der Waals surface area contributed by atoms with Crippen LogP contribution in [0.2, 0.25) is 0 Å². The van der Waals surface area contributed by atoms with Gasteiger partial charge in [0.1, 0.15) is 0 Å². The van der Waals surface area contributed by atoms with Gasteiger partial charge in [0.2, 0.25) is 0 Å². The standard InChI is InChI=1S/C12H8O2/c1-3-7-11(8-4-1)13-14-12-9-5-2-6-10-12/h1-7,9H. The van der Waals surface area contributed by atoms with Crippen LogP contribution in [0.1, 0.15) is 0 Å². The van der Waals surface area contributed by atoms with Gasteiger partial charge in [0, 0.05) is 12.1 Å². The van der Waals surface area contributed by atoms with Gasteiger partial charge < -0.3 is 0 Å². The molecule has 2 nitrogen and oxygen atoms in total. The molecule has 2 aromatic carbocycles. The zero-order chi connectivity index (χ0) is 9.64. The molecule has 0 saturated heterocycles. The first-order valence-corrected chi connectivity index (χ1v) is 4.23. The van der Waals surface area contributed by atoms with Crippen molar-refractivity contribution in [3.05, 3.63) is 60.7 Å². The van der Waals surface area contributed by atoms with Crippen molar-refractivity contribution in [2.24, 2.45) is 0 Å². The second-order valence-corrected chi connectivity index (χ2v) is 2.62. The molecule has 0 aliphatic heterocycles. The zero-order valence-corrected chi connectivity index (χ0v) is 7.44. The molecule has 0 heterocycles. The predicted molar refractivity (Wildman–Crippen MR) is 51.8 cm³/mol. The smallest absolute Gasteiger partial charge is 0.186 e. The van der Waals surface area contributed by atoms with Gasteiger partial charge in [-0.05, 0) is 12.1 Å². The van der Waals surface area contributed by atoms with E-state index in [2.05, 4.69) is 12.1 Å². The molecule has 2 radical (unpaired) electrons. The summed E-state index contributed by atoms with van der Waals surface area (Å²) in [6, 6.07) is 20.2. The molecule has 0 bridgehead atoms. The fraction of sp³-hybridized carbons (Fsp3) is 0. The number of para-hydroxylation sites is 2. The minimum absolute atomic E-state index is 0.546. The third-order valence-corrected chi connectivity index (χ3v) is 1.58. The van der Waals surface area contributed by atoms with Crippen molar-refractivity contribution in [1.82, 2.24) is 0 Å². The molecule has 0 aliphatic carbocycles. The highest BCUT2D eigenvalue weighted by Crippen LogP contribution is 2.12. The Bertz CT molecular complexity index is 331. The van der Waals surface area contributed by atoms with Crippen molar-refractivity contribution in [1.29, 1.82) is 0 Å². The van der Waals surface area contributed by atoms with Crippen LogP contribution in [0.4, 0.5) is 0 Å². The molecule has 14 heavy (non-hydrogen) atoms. The Balaban J connectivity index is 1.96. The van der Waals surface area contributed by atoms with Crippen molar-refractivity contribution in [2.45, 2.75) is 0 Å². The van der Waals surface area contributed by atoms with Gasteiger partial charge in [0.15, 0.2) is 11.5 Å². The van der Waals surface area contributed by atoms with E-state index in [0.29, 0.717) is 11.5 Å². The molecular weight excluding hydrogens is 176 g/mol. The maximum atomic E-state index is 5.01. The first-order valence-electron chi connectivity index (χ1n) is 4.23. The summed E-state index contributed by atoms with van der Waals surface area (Å²) in [6.45, 7) is 0. The van der Waals surface area contributed by atoms with E-state index >= 15 is 0 Å². The van der Waals surface area contributed by atoms with Gasteiger partial charge >= 0.3 is 0 Å². The van der Waals surface area contributed by atoms with E-state index in [9.17, 15) is 0 Å². The Kier molecular flexibility index (Phi) is 2.67. The summed E-state index contributed by atoms with van der Waals surface area (Å²) in [5.41, 5.74) is 0. The van der Waals surface area contributed by atoms with Gasteiger partial charge in [-0.15, -0.1) is 0 Å². The lowest BCUT2D eigenvalue weighted by atomic mass is 10.3. The number of benzene rings is 2. The van der Waals surface area contributed by atoms with E-state index < -0.39 is 0 Å². The van der Waals surface area contributed by atoms with Crippen molar-refractivity contribution < 1.29 is 9.78 Å². The van der Waals surface area contributed by atoms with Crippen molar-refractivity contribution in [3.63, 3.8) is 0 Å². The Morgan fingerprint density at radius 3 is 1.57 bits per heavy atom. The zero-order valence-electron chi connectivity index (χ0n) is 7.44. The van der Waals surface area contributed by atoms with Gasteiger partial charge in [-0.1, -0.05) is 36.4 Å². The maximum Gasteiger partial charge on any atom is 0.186 e. The first-order chi connectivity index (χ1) is 6.95. The van der Waals surface area contributed by atoms with Gasteiger partial charge in [-0.3, -0.25) is 9.78 Å². The second-order valence-electron chi connectivity index (χ2n) is 2.62. The van der Waals surface area contributed by atoms with Crippen LogP contribution in [0.3, 0.4) is 0 Å². The summed E-state index contributed by atoms with van der Waals surface area (Å²) in [5.74, 6) is 1.09. The molecule has 68 valence electrons. The van der Waals surface area contributed by atoms with E-state index in [0.717, 1.165) is 0 Å². The Morgan fingerprint density at radius 1 is 0.714 bits per heavy atom. The Morgan fingerprint density at radius 2 is 1.21 bits per heavy atom. The fourth-order valence-electron chi connectivity index (χ4n) is 0.947. The molecule has 0 atom stereocenters. The normalized spacial score (nSPS) is 9.43. The van der Waals surface area contributed by atoms with Crippen LogP contribution < -0.4 is 9.78 Å². The van der Waals surface area contributed by atoms with E-state index in [1.54, 1.807) is 24.3 Å². The van der Waals surface area contributed by atoms with Crippen LogP contribution in [0.25, 0.3) is 0 Å². The molecule has 0 fully saturated rings. The molecule has 2 aromatic rings. The Hall–Kier alpha value is -1.96. The minimum atomic E-state index is 0.546. The van der Waals surface area contributed by atoms with Crippen molar-refractivity contribution in [2.75, 3.05) is 0 Å². The summed E-state index contributed by atoms with van der Waals surface area (Å²) in [6.07, 6.45) is 0. The first kappa shape index (κ1) is 8.63. The van der Waals surface area contributed by atoms with Gasteiger partial charge in [-0.25, -0.2) is 0 Å². The van der Waals surface area contributed by atoms with Gasteiger partial charge in [0.05, 0.1) is 0 Å². The molecule has 2 rings (SSSR count). The Labute approximate surface area is 82.6 Å². The van der Waals surface area contributed by atoms with Crippen molar-refractivity contribution >= 4 is 0 Å². The molecule has 0 spiro atoms. The van der Waals surface area contributed by atoms with Crippen molar-refractivity contribution in [3.8, 4) is 11.5 Å². The molecule has 0 amide bonds. The highest BCUT2D eigenvalue weighted by atomic mass is 17.2. The summed E-state index contributed by atoms with van der Waals surface area (Å²) in [4.78, 5) is 10.0. The summed E-state index contributed by atoms with van der Waals surface area (Å²) >= 11 is 0. The second kappa shape index (κ2) is 4.33. The van der Waals surface area contributed by atoms with Crippen LogP contribution in [0.5, 0.6) is 11.5 Å². The van der Waals surface area contributed by atoms with E-state index in [4.69, 9.17) is 9.78 Å². The van der Waals surface area contributed by atoms with Crippen LogP contribution in [-0.2, 0) is 0 Å². The average molecular weight is 184 g/mol. The molecule has 0 N–H and O–H groups in total. The maximum absolute atomic E-state index is 5.01. The quantitative estimate of drug-likeness (QED) is 0.539. The predicted octanol–water partition coefficient (Wildman–Crippen LogP) is 2.66. The largest absolute Gasteiger partial charge is 0.289 e. The molecule has 0 saturated carbocycles. The molecule has 0 aromatic heterocycles. The van der Waals surface area contributed by atoms with E-state index in [1.165, 1.54) is 0 Å². The lowest BCUT2D eigenvalue weighted by Crippen LogP contribution is -1.99. The van der Waals surface area contributed by atoms with E-state index in [-0.39, 0.29) is 0 Å². The topological polar surface area (TPSA) is 18.5 Å². The van der Waals surface area contributed by atoms with Crippen LogP contribution in [-0.4, -0.2) is 0 Å². The lowest BCUT2D eigenvalue weighted by Gasteiger charge is -2.03. The third-order valence-electron chi connectivity index (χ3n) is 1.58. The minimum Gasteiger partial charge on any atom is -0.289 e. The van der Waals surface area contributed by atoms with Gasteiger partial charge in [0.25, 0.3) is 0 Å². The molecule has 2 heteroatoms. The molecule has 0 unspecified atom stereocenters. The highest BCUT2D eigenvalue weighted by molar-refractivity contribution is 5.21. The molecule has 0 aliphatic rings. The average Bonchev–Trinajstić information content (AvgIpc) is 2.29. The summed E-state index contributed by atoms with van der Waals surface area (Å²) in [5, 5.41) is 0. The number of hydrogen-bond acceptors (Lipinski definition) is 2. The van der Waals surface area contributed by atoms with Crippen LogP contribution >= 0.6 is 0 Å². The fourth-order valence-corrected chi connectivity index (χ4v) is 0.947. The third kappa shape index (κ3) is 2.26.